The molecule has 8 nitrogen and oxygen atoms in total. The highest BCUT2D eigenvalue weighted by atomic mass is 16.2. The van der Waals surface area contributed by atoms with Crippen molar-refractivity contribution in [3.05, 3.63) is 53.2 Å². The Labute approximate surface area is 215 Å². The predicted molar refractivity (Wildman–Crippen MR) is 138 cm³/mol. The quantitative estimate of drug-likeness (QED) is 0.511. The second-order valence-electron chi connectivity index (χ2n) is 11.2. The van der Waals surface area contributed by atoms with Crippen LogP contribution in [0.5, 0.6) is 0 Å². The number of benzene rings is 1. The molecular weight excluding hydrogens is 466 g/mol. The van der Waals surface area contributed by atoms with Gasteiger partial charge >= 0.3 is 0 Å². The van der Waals surface area contributed by atoms with Gasteiger partial charge in [0.25, 0.3) is 5.91 Å². The third kappa shape index (κ3) is 3.69. The average Bonchev–Trinajstić information content (AvgIpc) is 3.63. The first-order valence-corrected chi connectivity index (χ1v) is 13.4. The molecule has 2 unspecified atom stereocenters. The Bertz CT molecular complexity index is 1430. The van der Waals surface area contributed by atoms with Gasteiger partial charge in [0.2, 0.25) is 11.8 Å². The van der Waals surface area contributed by atoms with Crippen LogP contribution in [0.2, 0.25) is 0 Å². The summed E-state index contributed by atoms with van der Waals surface area (Å²) >= 11 is 0. The van der Waals surface area contributed by atoms with E-state index in [1.807, 2.05) is 25.2 Å². The number of imide groups is 1. The number of piperidine rings is 1. The summed E-state index contributed by atoms with van der Waals surface area (Å²) in [6.45, 7) is 3.50. The zero-order chi connectivity index (χ0) is 25.3. The van der Waals surface area contributed by atoms with Crippen molar-refractivity contribution < 1.29 is 14.4 Å². The molecule has 0 bridgehead atoms. The number of carbonyl (C=O) groups is 3. The van der Waals surface area contributed by atoms with Crippen LogP contribution in [0.4, 0.5) is 0 Å². The first-order chi connectivity index (χ1) is 18.0. The minimum Gasteiger partial charge on any atom is -0.336 e. The van der Waals surface area contributed by atoms with Crippen LogP contribution in [0.15, 0.2) is 36.5 Å². The van der Waals surface area contributed by atoms with Gasteiger partial charge in [-0.3, -0.25) is 19.3 Å². The molecule has 3 aromatic rings. The van der Waals surface area contributed by atoms with Crippen LogP contribution in [0.1, 0.15) is 60.0 Å². The highest BCUT2D eigenvalue weighted by molar-refractivity contribution is 6.04. The topological polar surface area (TPSA) is 78.8 Å². The maximum Gasteiger partial charge on any atom is 0.273 e. The van der Waals surface area contributed by atoms with E-state index in [2.05, 4.69) is 27.8 Å². The van der Waals surface area contributed by atoms with Gasteiger partial charge in [-0.15, -0.1) is 0 Å². The number of hydrogen-bond donors (Lipinski definition) is 0. The highest BCUT2D eigenvalue weighted by Crippen LogP contribution is 2.39. The molecule has 8 heteroatoms. The Hall–Kier alpha value is -3.52. The van der Waals surface area contributed by atoms with Gasteiger partial charge in [0.1, 0.15) is 5.65 Å². The first kappa shape index (κ1) is 22.7. The summed E-state index contributed by atoms with van der Waals surface area (Å²) in [4.78, 5) is 45.6. The Balaban J connectivity index is 1.21. The predicted octanol–water partition coefficient (Wildman–Crippen LogP) is 3.88. The number of carbonyl (C=O) groups excluding carboxylic acids is 3. The summed E-state index contributed by atoms with van der Waals surface area (Å²) in [5.74, 6) is 0.802. The van der Waals surface area contributed by atoms with Gasteiger partial charge in [-0.25, -0.2) is 9.99 Å². The lowest BCUT2D eigenvalue weighted by Crippen LogP contribution is -2.51. The van der Waals surface area contributed by atoms with Crippen LogP contribution in [0, 0.1) is 11.8 Å². The van der Waals surface area contributed by atoms with Crippen molar-refractivity contribution in [1.82, 2.24) is 24.5 Å². The van der Waals surface area contributed by atoms with E-state index in [1.165, 1.54) is 48.3 Å². The minimum absolute atomic E-state index is 0.218. The first-order valence-electron chi connectivity index (χ1n) is 13.4. The molecule has 2 atom stereocenters. The maximum atomic E-state index is 13.1. The van der Waals surface area contributed by atoms with Crippen molar-refractivity contribution in [2.75, 3.05) is 13.1 Å². The van der Waals surface area contributed by atoms with Gasteiger partial charge in [0.05, 0.1) is 12.2 Å². The molecule has 190 valence electrons. The molecule has 3 amide bonds. The fourth-order valence-corrected chi connectivity index (χ4v) is 6.92. The molecule has 0 radical (unpaired) electrons. The standard InChI is InChI=1S/C29H31N5O3/c1-31-11-10-23-22(16-32-14-19-4-2-5-20(19)15-32)13-25(30-28(23)31)18-8-9-24-21(12-18)17-33(29(24)37)34-26(35)6-3-7-27(34)36/h8-13,19-20H,2-7,14-17H2,1H3. The molecule has 3 aliphatic heterocycles. The second-order valence-corrected chi connectivity index (χ2v) is 11.2. The van der Waals surface area contributed by atoms with E-state index < -0.39 is 0 Å². The zero-order valence-corrected chi connectivity index (χ0v) is 21.2. The van der Waals surface area contributed by atoms with Crippen molar-refractivity contribution >= 4 is 28.8 Å². The van der Waals surface area contributed by atoms with Crippen molar-refractivity contribution in [3.8, 4) is 11.3 Å². The fourth-order valence-electron chi connectivity index (χ4n) is 6.92. The normalized spacial score (nSPS) is 24.0. The summed E-state index contributed by atoms with van der Waals surface area (Å²) in [5, 5.41) is 3.55. The number of rotatable bonds is 4. The maximum absolute atomic E-state index is 13.1. The summed E-state index contributed by atoms with van der Waals surface area (Å²) in [5.41, 5.74) is 5.41. The molecule has 3 fully saturated rings. The van der Waals surface area contributed by atoms with Crippen molar-refractivity contribution in [3.63, 3.8) is 0 Å². The number of nitrogens with zero attached hydrogens (tertiary/aromatic N) is 5. The van der Waals surface area contributed by atoms with Crippen LogP contribution < -0.4 is 0 Å². The van der Waals surface area contributed by atoms with Crippen LogP contribution in [0.25, 0.3) is 22.3 Å². The lowest BCUT2D eigenvalue weighted by atomic mass is 10.0. The molecule has 2 saturated heterocycles. The summed E-state index contributed by atoms with van der Waals surface area (Å²) in [6, 6.07) is 10.1. The van der Waals surface area contributed by atoms with Gasteiger partial charge in [-0.2, -0.15) is 5.01 Å². The molecule has 2 aromatic heterocycles. The smallest absolute Gasteiger partial charge is 0.273 e. The van der Waals surface area contributed by atoms with E-state index in [0.29, 0.717) is 24.8 Å². The van der Waals surface area contributed by atoms with Gasteiger partial charge in [0, 0.05) is 62.2 Å². The van der Waals surface area contributed by atoms with E-state index in [-0.39, 0.29) is 24.3 Å². The van der Waals surface area contributed by atoms with Crippen molar-refractivity contribution in [2.24, 2.45) is 18.9 Å². The minimum atomic E-state index is -0.302. The average molecular weight is 498 g/mol. The molecule has 7 rings (SSSR count). The van der Waals surface area contributed by atoms with Crippen molar-refractivity contribution in [1.29, 1.82) is 0 Å². The Morgan fingerprint density at radius 3 is 2.46 bits per heavy atom. The van der Waals surface area contributed by atoms with Crippen molar-refractivity contribution in [2.45, 2.75) is 51.6 Å². The Morgan fingerprint density at radius 1 is 0.946 bits per heavy atom. The second kappa shape index (κ2) is 8.52. The SMILES string of the molecule is Cn1ccc2c(CN3CC4CCCC4C3)cc(-c3ccc4c(c3)CN(N3C(=O)CCCC3=O)C4=O)nc21. The lowest BCUT2D eigenvalue weighted by Gasteiger charge is -2.32. The fraction of sp³-hybridized carbons (Fsp3) is 0.448. The molecule has 0 spiro atoms. The number of aryl methyl sites for hydroxylation is 1. The number of likely N-dealkylation sites (tertiary alicyclic amines) is 1. The number of fused-ring (bicyclic) bond motifs is 3. The number of hydrazine groups is 1. The molecule has 4 aliphatic rings. The molecule has 1 saturated carbocycles. The van der Waals surface area contributed by atoms with Gasteiger partial charge < -0.3 is 4.57 Å². The number of pyridine rings is 1. The molecular formula is C29H31N5O3. The monoisotopic (exact) mass is 497 g/mol. The van der Waals surface area contributed by atoms with E-state index in [0.717, 1.165) is 45.9 Å². The van der Waals surface area contributed by atoms with Crippen LogP contribution >= 0.6 is 0 Å². The molecule has 1 aromatic carbocycles. The Kier molecular flexibility index (Phi) is 5.22. The molecule has 5 heterocycles. The van der Waals surface area contributed by atoms with E-state index in [1.54, 1.807) is 0 Å². The van der Waals surface area contributed by atoms with Gasteiger partial charge in [-0.1, -0.05) is 12.5 Å². The summed E-state index contributed by atoms with van der Waals surface area (Å²) in [6.07, 6.45) is 7.30. The van der Waals surface area contributed by atoms with Gasteiger partial charge in [-0.05, 0) is 66.5 Å². The van der Waals surface area contributed by atoms with E-state index in [9.17, 15) is 14.4 Å². The van der Waals surface area contributed by atoms with E-state index in [4.69, 9.17) is 4.98 Å². The summed E-state index contributed by atoms with van der Waals surface area (Å²) in [7, 11) is 2.02. The third-order valence-corrected chi connectivity index (χ3v) is 8.80. The van der Waals surface area contributed by atoms with Crippen LogP contribution in [0.3, 0.4) is 0 Å². The largest absolute Gasteiger partial charge is 0.336 e. The molecule has 37 heavy (non-hydrogen) atoms. The van der Waals surface area contributed by atoms with Crippen LogP contribution in [-0.2, 0) is 29.7 Å². The number of aromatic nitrogens is 2. The summed E-state index contributed by atoms with van der Waals surface area (Å²) < 4.78 is 2.06. The third-order valence-electron chi connectivity index (χ3n) is 8.80. The number of hydrogen-bond acceptors (Lipinski definition) is 5. The Morgan fingerprint density at radius 2 is 1.70 bits per heavy atom. The van der Waals surface area contributed by atoms with Crippen LogP contribution in [-0.4, -0.2) is 55.3 Å². The molecule has 1 aliphatic carbocycles. The van der Waals surface area contributed by atoms with E-state index >= 15 is 0 Å². The number of amides is 3. The zero-order valence-electron chi connectivity index (χ0n) is 21.2. The highest BCUT2D eigenvalue weighted by Gasteiger charge is 2.39. The van der Waals surface area contributed by atoms with Gasteiger partial charge in [0.15, 0.2) is 0 Å². The molecule has 0 N–H and O–H groups in total. The lowest BCUT2D eigenvalue weighted by molar-refractivity contribution is -0.163.